The van der Waals surface area contributed by atoms with E-state index in [4.69, 9.17) is 16.6 Å². The van der Waals surface area contributed by atoms with E-state index < -0.39 is 5.82 Å². The van der Waals surface area contributed by atoms with Crippen molar-refractivity contribution in [3.63, 3.8) is 0 Å². The summed E-state index contributed by atoms with van der Waals surface area (Å²) in [4.78, 5) is 21.8. The summed E-state index contributed by atoms with van der Waals surface area (Å²) < 4.78 is 21.2. The molecule has 0 aliphatic heterocycles. The number of halogens is 2. The minimum Gasteiger partial charge on any atom is -0.305 e. The Labute approximate surface area is 218 Å². The largest absolute Gasteiger partial charge is 0.305 e. The molecular formula is C24H19ClFN11O. The second-order valence-corrected chi connectivity index (χ2v) is 9.71. The number of carbonyl (C=O) groups excluding carboxylic acids is 1. The molecule has 6 heterocycles. The van der Waals surface area contributed by atoms with Crippen LogP contribution < -0.4 is 0 Å². The van der Waals surface area contributed by atoms with Gasteiger partial charge in [0.25, 0.3) is 0 Å². The Morgan fingerprint density at radius 1 is 1.13 bits per heavy atom. The van der Waals surface area contributed by atoms with E-state index in [1.165, 1.54) is 18.0 Å². The molecule has 0 spiro atoms. The van der Waals surface area contributed by atoms with E-state index >= 15 is 0 Å². The summed E-state index contributed by atoms with van der Waals surface area (Å²) >= 11 is 5.91. The number of pyridine rings is 2. The number of ketones is 1. The molecule has 1 fully saturated rings. The highest BCUT2D eigenvalue weighted by Gasteiger charge is 2.26. The van der Waals surface area contributed by atoms with E-state index in [-0.39, 0.29) is 34.9 Å². The van der Waals surface area contributed by atoms with Crippen LogP contribution >= 0.6 is 11.6 Å². The van der Waals surface area contributed by atoms with Gasteiger partial charge in [-0.2, -0.15) is 4.68 Å². The van der Waals surface area contributed by atoms with Crippen molar-refractivity contribution < 1.29 is 9.18 Å². The molecule has 0 bridgehead atoms. The lowest BCUT2D eigenvalue weighted by atomic mass is 10.1. The van der Waals surface area contributed by atoms with Gasteiger partial charge in [-0.25, -0.2) is 19.0 Å². The highest BCUT2D eigenvalue weighted by molar-refractivity contribution is 6.31. The van der Waals surface area contributed by atoms with Crippen LogP contribution in [0.15, 0.2) is 49.6 Å². The Balaban J connectivity index is 1.09. The Kier molecular flexibility index (Phi) is 5.25. The third-order valence-electron chi connectivity index (χ3n) is 6.65. The molecule has 7 rings (SSSR count). The molecule has 14 heteroatoms. The fourth-order valence-electron chi connectivity index (χ4n) is 4.61. The highest BCUT2D eigenvalue weighted by atomic mass is 35.5. The predicted molar refractivity (Wildman–Crippen MR) is 132 cm³/mol. The van der Waals surface area contributed by atoms with Gasteiger partial charge < -0.3 is 8.80 Å². The Bertz CT molecular complexity index is 1820. The van der Waals surface area contributed by atoms with Crippen molar-refractivity contribution in [3.8, 4) is 5.69 Å². The molecule has 0 radical (unpaired) electrons. The van der Waals surface area contributed by atoms with E-state index in [2.05, 4.69) is 43.1 Å². The van der Waals surface area contributed by atoms with Crippen molar-refractivity contribution in [3.05, 3.63) is 83.1 Å². The zero-order chi connectivity index (χ0) is 25.8. The Hall–Kier alpha value is -4.52. The lowest BCUT2D eigenvalue weighted by Crippen LogP contribution is -2.03. The number of nitrogens with zero attached hydrogens (tertiary/aromatic N) is 11. The molecule has 1 aliphatic carbocycles. The molecule has 6 aromatic rings. The summed E-state index contributed by atoms with van der Waals surface area (Å²) in [5.41, 5.74) is 4.42. The molecule has 6 aromatic heterocycles. The average molecular weight is 532 g/mol. The van der Waals surface area contributed by atoms with Crippen molar-refractivity contribution in [2.24, 2.45) is 0 Å². The van der Waals surface area contributed by atoms with Crippen LogP contribution in [-0.4, -0.2) is 59.8 Å². The van der Waals surface area contributed by atoms with Gasteiger partial charge in [-0.15, -0.1) is 10.2 Å². The summed E-state index contributed by atoms with van der Waals surface area (Å²) in [6.07, 6.45) is 13.0. The van der Waals surface area contributed by atoms with Crippen molar-refractivity contribution in [2.45, 2.75) is 38.1 Å². The minimum absolute atomic E-state index is 0.00862. The van der Waals surface area contributed by atoms with Crippen molar-refractivity contribution >= 4 is 28.5 Å². The lowest BCUT2D eigenvalue weighted by molar-refractivity contribution is 0.0977. The van der Waals surface area contributed by atoms with Crippen molar-refractivity contribution in [1.82, 2.24) is 54.0 Å². The molecule has 1 aliphatic rings. The molecule has 38 heavy (non-hydrogen) atoms. The third kappa shape index (κ3) is 4.00. The van der Waals surface area contributed by atoms with Crippen molar-refractivity contribution in [2.75, 3.05) is 0 Å². The van der Waals surface area contributed by atoms with Crippen LogP contribution in [0.3, 0.4) is 0 Å². The van der Waals surface area contributed by atoms with E-state index in [1.807, 2.05) is 10.6 Å². The molecule has 0 amide bonds. The molecular weight excluding hydrogens is 513 g/mol. The number of Topliss-reactive ketones (excluding diaryl/α,β-unsaturated/α-hetero) is 1. The number of fused-ring (bicyclic) bond motifs is 2. The van der Waals surface area contributed by atoms with Crippen LogP contribution in [0, 0.1) is 5.82 Å². The zero-order valence-electron chi connectivity index (χ0n) is 19.8. The van der Waals surface area contributed by atoms with Gasteiger partial charge >= 0.3 is 0 Å². The number of tetrazole rings is 1. The molecule has 0 saturated heterocycles. The van der Waals surface area contributed by atoms with Gasteiger partial charge in [-0.1, -0.05) is 16.8 Å². The van der Waals surface area contributed by atoms with E-state index in [1.54, 1.807) is 32.5 Å². The van der Waals surface area contributed by atoms with Gasteiger partial charge in [0.1, 0.15) is 23.2 Å². The number of imidazole rings is 2. The summed E-state index contributed by atoms with van der Waals surface area (Å²) in [5.74, 6) is -0.233. The predicted octanol–water partition coefficient (Wildman–Crippen LogP) is 3.08. The van der Waals surface area contributed by atoms with Crippen LogP contribution in [0.5, 0.6) is 0 Å². The first kappa shape index (κ1) is 22.7. The van der Waals surface area contributed by atoms with Gasteiger partial charge in [-0.05, 0) is 53.3 Å². The van der Waals surface area contributed by atoms with Crippen LogP contribution in [0.25, 0.3) is 16.9 Å². The maximum absolute atomic E-state index is 14.5. The number of hydrogen-bond donors (Lipinski definition) is 0. The molecule has 0 N–H and O–H groups in total. The monoisotopic (exact) mass is 531 g/mol. The zero-order valence-corrected chi connectivity index (χ0v) is 20.6. The van der Waals surface area contributed by atoms with Crippen molar-refractivity contribution in [1.29, 1.82) is 0 Å². The smallest absolute Gasteiger partial charge is 0.185 e. The number of aryl methyl sites for hydroxylation is 1. The summed E-state index contributed by atoms with van der Waals surface area (Å²) in [5, 5.41) is 19.7. The number of rotatable bonds is 8. The standard InChI is InChI=1S/C24H19ClFN11O/c25-17-5-6-34-12-27-18(23(34)22(17)26)3-4-21(38)19-11-36(32-30-19)10-16-9-35-8-15(14-1-2-14)7-20(24(35)29-16)37-13-28-31-33-37/h5-9,11-14H,1-4,10H2. The SMILES string of the molecule is O=C(CCc1ncn2ccc(Cl)c(F)c12)c1cn(Cc2cn3cc(C4CC4)cc(-n4cnnn4)c3n2)nn1. The molecule has 0 atom stereocenters. The van der Waals surface area contributed by atoms with Gasteiger partial charge in [-0.3, -0.25) is 4.79 Å². The first-order valence-corrected chi connectivity index (χ1v) is 12.4. The maximum Gasteiger partial charge on any atom is 0.185 e. The molecule has 12 nitrogen and oxygen atoms in total. The highest BCUT2D eigenvalue weighted by Crippen LogP contribution is 2.41. The first-order valence-electron chi connectivity index (χ1n) is 12.0. The quantitative estimate of drug-likeness (QED) is 0.274. The van der Waals surface area contributed by atoms with Crippen LogP contribution in [-0.2, 0) is 13.0 Å². The second-order valence-electron chi connectivity index (χ2n) is 9.30. The van der Waals surface area contributed by atoms with Crippen LogP contribution in [0.4, 0.5) is 4.39 Å². The number of hydrogen-bond acceptors (Lipinski definition) is 8. The second kappa shape index (κ2) is 8.80. The number of aromatic nitrogens is 11. The van der Waals surface area contributed by atoms with Crippen LogP contribution in [0.2, 0.25) is 5.02 Å². The van der Waals surface area contributed by atoms with E-state index in [0.717, 1.165) is 24.2 Å². The van der Waals surface area contributed by atoms with Gasteiger partial charge in [0.15, 0.2) is 17.2 Å². The van der Waals surface area contributed by atoms with E-state index in [9.17, 15) is 9.18 Å². The third-order valence-corrected chi connectivity index (χ3v) is 6.95. The van der Waals surface area contributed by atoms with Gasteiger partial charge in [0.05, 0.1) is 35.5 Å². The summed E-state index contributed by atoms with van der Waals surface area (Å²) in [7, 11) is 0. The average Bonchev–Trinajstić information content (AvgIpc) is 3.33. The number of carbonyl (C=O) groups is 1. The topological polar surface area (TPSA) is 126 Å². The lowest BCUT2D eigenvalue weighted by Gasteiger charge is -2.06. The summed E-state index contributed by atoms with van der Waals surface area (Å²) in [6.45, 7) is 0.325. The fraction of sp³-hybridized carbons (Fsp3) is 0.250. The Morgan fingerprint density at radius 3 is 2.84 bits per heavy atom. The molecule has 0 unspecified atom stereocenters. The Morgan fingerprint density at radius 2 is 2.03 bits per heavy atom. The molecule has 0 aromatic carbocycles. The first-order chi connectivity index (χ1) is 18.5. The minimum atomic E-state index is -0.556. The van der Waals surface area contributed by atoms with Crippen LogP contribution in [0.1, 0.15) is 52.6 Å². The normalized spacial score (nSPS) is 13.6. The van der Waals surface area contributed by atoms with E-state index in [0.29, 0.717) is 23.8 Å². The molecule has 190 valence electrons. The fourth-order valence-corrected chi connectivity index (χ4v) is 4.75. The van der Waals surface area contributed by atoms with Gasteiger partial charge in [0, 0.05) is 25.0 Å². The molecule has 1 saturated carbocycles. The van der Waals surface area contributed by atoms with Gasteiger partial charge in [0.2, 0.25) is 0 Å². The summed E-state index contributed by atoms with van der Waals surface area (Å²) in [6, 6.07) is 3.54. The maximum atomic E-state index is 14.5.